The van der Waals surface area contributed by atoms with Crippen LogP contribution < -0.4 is 0 Å². The van der Waals surface area contributed by atoms with Crippen LogP contribution in [0, 0.1) is 23.7 Å². The van der Waals surface area contributed by atoms with Crippen LogP contribution in [0.1, 0.15) is 53.9 Å². The summed E-state index contributed by atoms with van der Waals surface area (Å²) >= 11 is 0. The monoisotopic (exact) mass is 198 g/mol. The van der Waals surface area contributed by atoms with Gasteiger partial charge in [0, 0.05) is 0 Å². The van der Waals surface area contributed by atoms with E-state index in [1.807, 2.05) is 6.92 Å². The number of aliphatic hydroxyl groups is 1. The molecule has 0 aliphatic heterocycles. The first-order valence-electron chi connectivity index (χ1n) is 6.10. The highest BCUT2D eigenvalue weighted by Crippen LogP contribution is 2.44. The lowest BCUT2D eigenvalue weighted by Crippen LogP contribution is -2.39. The summed E-state index contributed by atoms with van der Waals surface area (Å²) in [5.74, 6) is 3.06. The Bertz CT molecular complexity index is 186. The largest absolute Gasteiger partial charge is 0.390 e. The van der Waals surface area contributed by atoms with E-state index < -0.39 is 5.60 Å². The summed E-state index contributed by atoms with van der Waals surface area (Å²) in [6.45, 7) is 10.9. The molecule has 0 saturated heterocycles. The first kappa shape index (κ1) is 12.0. The highest BCUT2D eigenvalue weighted by molar-refractivity contribution is 4.88. The van der Waals surface area contributed by atoms with E-state index in [2.05, 4.69) is 27.7 Å². The summed E-state index contributed by atoms with van der Waals surface area (Å²) in [5, 5.41) is 10.1. The van der Waals surface area contributed by atoms with Gasteiger partial charge in [-0.1, -0.05) is 27.7 Å². The lowest BCUT2D eigenvalue weighted by Gasteiger charge is -2.44. The Morgan fingerprint density at radius 3 is 2.36 bits per heavy atom. The van der Waals surface area contributed by atoms with Crippen LogP contribution in [-0.2, 0) is 0 Å². The molecule has 1 rings (SSSR count). The van der Waals surface area contributed by atoms with Crippen LogP contribution in [0.2, 0.25) is 0 Å². The van der Waals surface area contributed by atoms with Gasteiger partial charge in [0.2, 0.25) is 0 Å². The molecule has 0 aromatic rings. The van der Waals surface area contributed by atoms with Gasteiger partial charge in [-0.15, -0.1) is 0 Å². The topological polar surface area (TPSA) is 20.2 Å². The molecule has 84 valence electrons. The molecule has 1 aliphatic carbocycles. The normalized spacial score (nSPS) is 38.6. The molecular weight excluding hydrogens is 172 g/mol. The van der Waals surface area contributed by atoms with Crippen molar-refractivity contribution in [1.29, 1.82) is 0 Å². The standard InChI is InChI=1S/C13H26O/c1-6-13(5,14)10(3)8-12-7-9(2)11(12)4/h9-12,14H,6-8H2,1-5H3. The van der Waals surface area contributed by atoms with E-state index in [-0.39, 0.29) is 0 Å². The number of rotatable bonds is 4. The van der Waals surface area contributed by atoms with Crippen LogP contribution in [0.25, 0.3) is 0 Å². The van der Waals surface area contributed by atoms with Crippen LogP contribution >= 0.6 is 0 Å². The molecule has 0 spiro atoms. The first-order valence-corrected chi connectivity index (χ1v) is 6.10. The van der Waals surface area contributed by atoms with Gasteiger partial charge < -0.3 is 5.11 Å². The molecule has 0 amide bonds. The zero-order valence-electron chi connectivity index (χ0n) is 10.4. The minimum Gasteiger partial charge on any atom is -0.390 e. The van der Waals surface area contributed by atoms with Crippen molar-refractivity contribution in [3.63, 3.8) is 0 Å². The SMILES string of the molecule is CCC(C)(O)C(C)CC1CC(C)C1C. The fourth-order valence-corrected chi connectivity index (χ4v) is 2.54. The predicted octanol–water partition coefficient (Wildman–Crippen LogP) is 3.47. The van der Waals surface area contributed by atoms with Gasteiger partial charge in [-0.3, -0.25) is 0 Å². The third-order valence-electron chi connectivity index (χ3n) is 4.75. The molecule has 1 N–H and O–H groups in total. The smallest absolute Gasteiger partial charge is 0.0642 e. The summed E-state index contributed by atoms with van der Waals surface area (Å²) in [6, 6.07) is 0. The molecule has 0 bridgehead atoms. The lowest BCUT2D eigenvalue weighted by molar-refractivity contribution is -0.0275. The summed E-state index contributed by atoms with van der Waals surface area (Å²) in [4.78, 5) is 0. The fourth-order valence-electron chi connectivity index (χ4n) is 2.54. The maximum atomic E-state index is 10.1. The fraction of sp³-hybridized carbons (Fsp3) is 1.00. The van der Waals surface area contributed by atoms with Gasteiger partial charge in [-0.25, -0.2) is 0 Å². The Labute approximate surface area is 88.9 Å². The molecule has 0 radical (unpaired) electrons. The zero-order valence-corrected chi connectivity index (χ0v) is 10.4. The van der Waals surface area contributed by atoms with Crippen LogP contribution in [0.5, 0.6) is 0 Å². The highest BCUT2D eigenvalue weighted by Gasteiger charge is 2.37. The zero-order chi connectivity index (χ0) is 10.9. The number of hydrogen-bond acceptors (Lipinski definition) is 1. The van der Waals surface area contributed by atoms with E-state index in [0.29, 0.717) is 5.92 Å². The van der Waals surface area contributed by atoms with Crippen molar-refractivity contribution in [2.75, 3.05) is 0 Å². The van der Waals surface area contributed by atoms with E-state index in [1.54, 1.807) is 0 Å². The Morgan fingerprint density at radius 2 is 2.00 bits per heavy atom. The second-order valence-corrected chi connectivity index (χ2v) is 5.68. The average molecular weight is 198 g/mol. The van der Waals surface area contributed by atoms with Gasteiger partial charge in [-0.05, 0) is 49.9 Å². The summed E-state index contributed by atoms with van der Waals surface area (Å²) < 4.78 is 0. The average Bonchev–Trinajstić information content (AvgIpc) is 2.16. The second kappa shape index (κ2) is 4.22. The molecule has 5 atom stereocenters. The Kier molecular flexibility index (Phi) is 3.63. The number of hydrogen-bond donors (Lipinski definition) is 1. The van der Waals surface area contributed by atoms with Gasteiger partial charge in [0.05, 0.1) is 5.60 Å². The first-order chi connectivity index (χ1) is 6.38. The summed E-state index contributed by atoms with van der Waals surface area (Å²) in [7, 11) is 0. The molecule has 1 nitrogen and oxygen atoms in total. The molecular formula is C13H26O. The maximum absolute atomic E-state index is 10.1. The molecule has 1 saturated carbocycles. The quantitative estimate of drug-likeness (QED) is 0.733. The summed E-state index contributed by atoms with van der Waals surface area (Å²) in [5.41, 5.74) is -0.460. The van der Waals surface area contributed by atoms with Crippen molar-refractivity contribution in [2.24, 2.45) is 23.7 Å². The van der Waals surface area contributed by atoms with Crippen molar-refractivity contribution in [1.82, 2.24) is 0 Å². The molecule has 5 unspecified atom stereocenters. The van der Waals surface area contributed by atoms with Gasteiger partial charge in [0.1, 0.15) is 0 Å². The molecule has 0 aromatic heterocycles. The van der Waals surface area contributed by atoms with Crippen molar-refractivity contribution in [3.8, 4) is 0 Å². The predicted molar refractivity (Wildman–Crippen MR) is 61.1 cm³/mol. The van der Waals surface area contributed by atoms with Gasteiger partial charge in [0.25, 0.3) is 0 Å². The van der Waals surface area contributed by atoms with Crippen LogP contribution in [0.3, 0.4) is 0 Å². The van der Waals surface area contributed by atoms with E-state index in [9.17, 15) is 5.11 Å². The highest BCUT2D eigenvalue weighted by atomic mass is 16.3. The third-order valence-corrected chi connectivity index (χ3v) is 4.75. The van der Waals surface area contributed by atoms with Gasteiger partial charge in [-0.2, -0.15) is 0 Å². The van der Waals surface area contributed by atoms with Gasteiger partial charge >= 0.3 is 0 Å². The van der Waals surface area contributed by atoms with E-state index in [1.165, 1.54) is 12.8 Å². The Balaban J connectivity index is 2.38. The van der Waals surface area contributed by atoms with Crippen molar-refractivity contribution in [2.45, 2.75) is 59.5 Å². The minimum atomic E-state index is -0.460. The second-order valence-electron chi connectivity index (χ2n) is 5.68. The van der Waals surface area contributed by atoms with Crippen LogP contribution in [-0.4, -0.2) is 10.7 Å². The van der Waals surface area contributed by atoms with E-state index >= 15 is 0 Å². The Morgan fingerprint density at radius 1 is 1.43 bits per heavy atom. The third kappa shape index (κ3) is 2.31. The van der Waals surface area contributed by atoms with Crippen molar-refractivity contribution in [3.05, 3.63) is 0 Å². The minimum absolute atomic E-state index is 0.437. The molecule has 1 aliphatic rings. The molecule has 1 heteroatoms. The molecule has 1 fully saturated rings. The summed E-state index contributed by atoms with van der Waals surface area (Å²) in [6.07, 6.45) is 3.43. The van der Waals surface area contributed by atoms with Crippen molar-refractivity contribution >= 4 is 0 Å². The maximum Gasteiger partial charge on any atom is 0.0642 e. The molecule has 0 aromatic carbocycles. The molecule has 14 heavy (non-hydrogen) atoms. The molecule has 0 heterocycles. The van der Waals surface area contributed by atoms with Crippen molar-refractivity contribution < 1.29 is 5.11 Å². The van der Waals surface area contributed by atoms with E-state index in [0.717, 1.165) is 24.2 Å². The lowest BCUT2D eigenvalue weighted by atomic mass is 9.62. The van der Waals surface area contributed by atoms with E-state index in [4.69, 9.17) is 0 Å². The van der Waals surface area contributed by atoms with Gasteiger partial charge in [0.15, 0.2) is 0 Å². The Hall–Kier alpha value is -0.0400. The van der Waals surface area contributed by atoms with Crippen LogP contribution in [0.15, 0.2) is 0 Å². The van der Waals surface area contributed by atoms with Crippen LogP contribution in [0.4, 0.5) is 0 Å².